The Morgan fingerprint density at radius 2 is 1.48 bits per heavy atom. The van der Waals surface area contributed by atoms with E-state index < -0.39 is 5.97 Å². The molecule has 0 amide bonds. The van der Waals surface area contributed by atoms with Crippen molar-refractivity contribution in [2.75, 3.05) is 13.7 Å². The van der Waals surface area contributed by atoms with Crippen LogP contribution in [0.2, 0.25) is 0 Å². The second-order valence-corrected chi connectivity index (χ2v) is 7.58. The number of hydrogen-bond donors (Lipinski definition) is 1. The molecule has 3 nitrogen and oxygen atoms in total. The lowest BCUT2D eigenvalue weighted by atomic mass is 9.84. The molecule has 0 spiro atoms. The van der Waals surface area contributed by atoms with Gasteiger partial charge in [0.25, 0.3) is 0 Å². The monoisotopic (exact) mass is 376 g/mol. The summed E-state index contributed by atoms with van der Waals surface area (Å²) in [7, 11) is 1.68. The quantitative estimate of drug-likeness (QED) is 0.361. The normalized spacial score (nSPS) is 11.1. The first kappa shape index (κ1) is 23.7. The molecule has 0 aliphatic carbocycles. The van der Waals surface area contributed by atoms with E-state index in [1.165, 1.54) is 55.2 Å². The van der Waals surface area contributed by atoms with Gasteiger partial charge in [0, 0.05) is 7.11 Å². The van der Waals surface area contributed by atoms with Gasteiger partial charge >= 0.3 is 5.97 Å². The zero-order chi connectivity index (χ0) is 20.1. The summed E-state index contributed by atoms with van der Waals surface area (Å²) in [6.45, 7) is 7.18. The van der Waals surface area contributed by atoms with Crippen LogP contribution in [-0.4, -0.2) is 24.8 Å². The first-order chi connectivity index (χ1) is 13.1. The van der Waals surface area contributed by atoms with Gasteiger partial charge in [-0.05, 0) is 60.4 Å². The van der Waals surface area contributed by atoms with Crippen molar-refractivity contribution in [2.24, 2.45) is 0 Å². The molecule has 1 aromatic carbocycles. The summed E-state index contributed by atoms with van der Waals surface area (Å²) in [6.07, 6.45) is 13.5. The highest BCUT2D eigenvalue weighted by Gasteiger charge is 2.20. The van der Waals surface area contributed by atoms with Gasteiger partial charge in [-0.2, -0.15) is 0 Å². The number of aryl methyl sites for hydroxylation is 1. The van der Waals surface area contributed by atoms with Gasteiger partial charge in [-0.3, -0.25) is 0 Å². The van der Waals surface area contributed by atoms with E-state index in [-0.39, 0.29) is 0 Å². The summed E-state index contributed by atoms with van der Waals surface area (Å²) in [5.74, 6) is -0.804. The van der Waals surface area contributed by atoms with E-state index in [0.29, 0.717) is 18.6 Å². The third-order valence-electron chi connectivity index (χ3n) is 5.35. The van der Waals surface area contributed by atoms with E-state index >= 15 is 0 Å². The van der Waals surface area contributed by atoms with Crippen molar-refractivity contribution in [1.82, 2.24) is 0 Å². The molecular formula is C24H40O3. The fraction of sp³-hybridized carbons (Fsp3) is 0.708. The molecule has 1 rings (SSSR count). The van der Waals surface area contributed by atoms with Gasteiger partial charge in [0.15, 0.2) is 0 Å². The molecule has 0 aromatic heterocycles. The second-order valence-electron chi connectivity index (χ2n) is 7.58. The molecule has 1 aromatic rings. The van der Waals surface area contributed by atoms with Crippen LogP contribution in [0.15, 0.2) is 6.07 Å². The molecule has 27 heavy (non-hydrogen) atoms. The molecule has 0 fully saturated rings. The number of hydrogen-bond acceptors (Lipinski definition) is 2. The molecule has 154 valence electrons. The lowest BCUT2D eigenvalue weighted by Crippen LogP contribution is -2.14. The van der Waals surface area contributed by atoms with Crippen molar-refractivity contribution in [3.63, 3.8) is 0 Å². The lowest BCUT2D eigenvalue weighted by molar-refractivity contribution is 0.0695. The van der Waals surface area contributed by atoms with Crippen LogP contribution in [0.1, 0.15) is 105 Å². The van der Waals surface area contributed by atoms with Gasteiger partial charge in [0.1, 0.15) is 0 Å². The predicted molar refractivity (Wildman–Crippen MR) is 114 cm³/mol. The Balaban J connectivity index is 3.18. The minimum absolute atomic E-state index is 0.491. The Morgan fingerprint density at radius 3 is 2.07 bits per heavy atom. The van der Waals surface area contributed by atoms with Gasteiger partial charge in [-0.1, -0.05) is 65.7 Å². The van der Waals surface area contributed by atoms with Gasteiger partial charge in [0.2, 0.25) is 0 Å². The molecule has 0 heterocycles. The topological polar surface area (TPSA) is 46.5 Å². The maximum atomic E-state index is 11.9. The molecule has 3 heteroatoms. The average Bonchev–Trinajstić information content (AvgIpc) is 2.65. The number of carbonyl (C=O) groups is 1. The standard InChI is InChI=1S/C24H40O3/c1-5-8-9-10-11-12-15-20-19(13-6-2)18-23(24(25)26)22(16-17-27-4)21(20)14-7-3/h18H,5-17H2,1-4H3,(H,25,26). The molecule has 0 radical (unpaired) electrons. The number of carboxylic acid groups (broad SMARTS) is 1. The Hall–Kier alpha value is -1.35. The smallest absolute Gasteiger partial charge is 0.335 e. The summed E-state index contributed by atoms with van der Waals surface area (Å²) in [5, 5.41) is 9.80. The summed E-state index contributed by atoms with van der Waals surface area (Å²) in [6, 6.07) is 1.96. The summed E-state index contributed by atoms with van der Waals surface area (Å²) >= 11 is 0. The third kappa shape index (κ3) is 7.65. The van der Waals surface area contributed by atoms with Crippen LogP contribution >= 0.6 is 0 Å². The lowest BCUT2D eigenvalue weighted by Gasteiger charge is -2.21. The number of aromatic carboxylic acids is 1. The molecule has 0 unspecified atom stereocenters. The molecule has 1 N–H and O–H groups in total. The Morgan fingerprint density at radius 1 is 0.815 bits per heavy atom. The minimum Gasteiger partial charge on any atom is -0.478 e. The highest BCUT2D eigenvalue weighted by atomic mass is 16.5. The van der Waals surface area contributed by atoms with Crippen molar-refractivity contribution in [3.8, 4) is 0 Å². The minimum atomic E-state index is -0.804. The van der Waals surface area contributed by atoms with E-state index in [9.17, 15) is 9.90 Å². The largest absolute Gasteiger partial charge is 0.478 e. The SMILES string of the molecule is CCCCCCCCc1c(CCC)cc(C(=O)O)c(CCOC)c1CCC. The zero-order valence-corrected chi connectivity index (χ0v) is 18.0. The van der Waals surface area contributed by atoms with Gasteiger partial charge in [-0.25, -0.2) is 4.79 Å². The van der Waals surface area contributed by atoms with Crippen LogP contribution < -0.4 is 0 Å². The summed E-state index contributed by atoms with van der Waals surface area (Å²) < 4.78 is 5.27. The van der Waals surface area contributed by atoms with Crippen molar-refractivity contribution in [3.05, 3.63) is 33.9 Å². The highest BCUT2D eigenvalue weighted by molar-refractivity contribution is 5.90. The zero-order valence-electron chi connectivity index (χ0n) is 18.0. The van der Waals surface area contributed by atoms with Crippen LogP contribution in [0.25, 0.3) is 0 Å². The van der Waals surface area contributed by atoms with Crippen LogP contribution in [0.4, 0.5) is 0 Å². The van der Waals surface area contributed by atoms with Gasteiger partial charge < -0.3 is 9.84 Å². The van der Waals surface area contributed by atoms with Crippen molar-refractivity contribution in [1.29, 1.82) is 0 Å². The van der Waals surface area contributed by atoms with Crippen LogP contribution in [-0.2, 0) is 30.4 Å². The third-order valence-corrected chi connectivity index (χ3v) is 5.35. The fourth-order valence-corrected chi connectivity index (χ4v) is 4.01. The molecule has 0 saturated carbocycles. The summed E-state index contributed by atoms with van der Waals surface area (Å²) in [4.78, 5) is 11.9. The molecule has 0 bridgehead atoms. The Kier molecular flexibility index (Phi) is 12.1. The van der Waals surface area contributed by atoms with Crippen molar-refractivity contribution in [2.45, 2.75) is 97.8 Å². The highest BCUT2D eigenvalue weighted by Crippen LogP contribution is 2.29. The van der Waals surface area contributed by atoms with E-state index in [1.54, 1.807) is 7.11 Å². The molecule has 0 aliphatic rings. The van der Waals surface area contributed by atoms with Gasteiger partial charge in [0.05, 0.1) is 12.2 Å². The fourth-order valence-electron chi connectivity index (χ4n) is 4.01. The number of methoxy groups -OCH3 is 1. The maximum absolute atomic E-state index is 11.9. The predicted octanol–water partition coefficient (Wildman–Crippen LogP) is 6.38. The average molecular weight is 377 g/mol. The van der Waals surface area contributed by atoms with Crippen molar-refractivity contribution >= 4 is 5.97 Å². The Labute approximate surface area is 166 Å². The van der Waals surface area contributed by atoms with E-state index in [2.05, 4.69) is 20.8 Å². The number of benzene rings is 1. The van der Waals surface area contributed by atoms with Crippen LogP contribution in [0.5, 0.6) is 0 Å². The van der Waals surface area contributed by atoms with E-state index in [4.69, 9.17) is 4.74 Å². The number of unbranched alkanes of at least 4 members (excludes halogenated alkanes) is 5. The number of ether oxygens (including phenoxy) is 1. The van der Waals surface area contributed by atoms with Crippen molar-refractivity contribution < 1.29 is 14.6 Å². The first-order valence-corrected chi connectivity index (χ1v) is 11.0. The first-order valence-electron chi connectivity index (χ1n) is 11.0. The van der Waals surface area contributed by atoms with Gasteiger partial charge in [-0.15, -0.1) is 0 Å². The second kappa shape index (κ2) is 13.8. The Bertz CT molecular complexity index is 563. The van der Waals surface area contributed by atoms with E-state index in [0.717, 1.165) is 37.7 Å². The van der Waals surface area contributed by atoms with Crippen LogP contribution in [0, 0.1) is 0 Å². The van der Waals surface area contributed by atoms with E-state index in [1.807, 2.05) is 6.07 Å². The molecule has 0 atom stereocenters. The molecule has 0 aliphatic heterocycles. The molecular weight excluding hydrogens is 336 g/mol. The molecule has 0 saturated heterocycles. The summed E-state index contributed by atoms with van der Waals surface area (Å²) in [5.41, 5.74) is 5.49. The van der Waals surface area contributed by atoms with Crippen LogP contribution in [0.3, 0.4) is 0 Å². The number of rotatable bonds is 15. The maximum Gasteiger partial charge on any atom is 0.335 e. The number of carboxylic acids is 1.